The molecule has 0 unspecified atom stereocenters. The highest BCUT2D eigenvalue weighted by molar-refractivity contribution is 5.78. The van der Waals surface area contributed by atoms with Gasteiger partial charge >= 0.3 is 0 Å². The Balaban J connectivity index is 1.42. The molecule has 0 bridgehead atoms. The topological polar surface area (TPSA) is 73.6 Å². The van der Waals surface area contributed by atoms with Gasteiger partial charge in [0.1, 0.15) is 12.1 Å². The molecule has 0 saturated heterocycles. The predicted molar refractivity (Wildman–Crippen MR) is 157 cm³/mol. The molecular weight excluding hydrogens is 462 g/mol. The number of anilines is 1. The molecule has 0 radical (unpaired) electrons. The van der Waals surface area contributed by atoms with Gasteiger partial charge in [0.05, 0.1) is 16.8 Å². The van der Waals surface area contributed by atoms with Gasteiger partial charge in [-0.1, -0.05) is 65.3 Å². The normalized spacial score (nSPS) is 35.3. The van der Waals surface area contributed by atoms with E-state index in [0.717, 1.165) is 41.7 Å². The van der Waals surface area contributed by atoms with Crippen LogP contribution in [0.1, 0.15) is 109 Å². The molecule has 2 N–H and O–H groups in total. The number of benzene rings is 1. The summed E-state index contributed by atoms with van der Waals surface area (Å²) >= 11 is 0. The highest BCUT2D eigenvalue weighted by atomic mass is 14.6. The van der Waals surface area contributed by atoms with Crippen molar-refractivity contribution in [2.75, 3.05) is 5.73 Å². The van der Waals surface area contributed by atoms with Crippen LogP contribution >= 0.6 is 0 Å². The van der Waals surface area contributed by atoms with Gasteiger partial charge in [0, 0.05) is 0 Å². The monoisotopic (exact) mass is 509 g/mol. The number of nitriles is 2. The molecule has 0 spiro atoms. The van der Waals surface area contributed by atoms with Crippen molar-refractivity contribution in [2.24, 2.45) is 52.3 Å². The first-order valence-electron chi connectivity index (χ1n) is 15.2. The molecule has 3 nitrogen and oxygen atoms in total. The fourth-order valence-electron chi connectivity index (χ4n) is 9.86. The number of nitrogens with two attached hydrogens (primary N) is 1. The lowest BCUT2D eigenvalue weighted by Gasteiger charge is -2.58. The van der Waals surface area contributed by atoms with E-state index in [1.54, 1.807) is 0 Å². The highest BCUT2D eigenvalue weighted by Gasteiger charge is 2.59. The molecule has 1 aromatic carbocycles. The molecule has 4 aliphatic rings. The van der Waals surface area contributed by atoms with E-state index in [-0.39, 0.29) is 5.41 Å². The summed E-state index contributed by atoms with van der Waals surface area (Å²) in [5, 5.41) is 19.6. The summed E-state index contributed by atoms with van der Waals surface area (Å²) in [4.78, 5) is 0. The number of hydrogen-bond donors (Lipinski definition) is 1. The Bertz CT molecular complexity index is 1240. The number of nitrogens with zero attached hydrogens (tertiary/aromatic N) is 2. The number of nitrogen functional groups attached to an aromatic ring is 1. The number of hydrogen-bond acceptors (Lipinski definition) is 3. The molecule has 0 amide bonds. The molecule has 3 heteroatoms. The average molecular weight is 510 g/mol. The molecule has 4 aliphatic carbocycles. The summed E-state index contributed by atoms with van der Waals surface area (Å²) in [5.74, 6) is 5.09. The maximum Gasteiger partial charge on any atom is 0.102 e. The second-order valence-electron chi connectivity index (χ2n) is 14.0. The van der Waals surface area contributed by atoms with Crippen molar-refractivity contribution < 1.29 is 0 Å². The quantitative estimate of drug-likeness (QED) is 0.319. The first-order chi connectivity index (χ1) is 18.1. The number of allylic oxidation sites excluding steroid dienone is 3. The van der Waals surface area contributed by atoms with E-state index in [9.17, 15) is 10.5 Å². The van der Waals surface area contributed by atoms with E-state index in [1.165, 1.54) is 44.1 Å². The predicted octanol–water partition coefficient (Wildman–Crippen LogP) is 8.68. The van der Waals surface area contributed by atoms with E-state index in [4.69, 9.17) is 5.73 Å². The summed E-state index contributed by atoms with van der Waals surface area (Å²) in [7, 11) is 0. The highest BCUT2D eigenvalue weighted by Crippen LogP contribution is 2.67. The minimum absolute atomic E-state index is 0.113. The minimum atomic E-state index is 0.113. The molecular formula is C35H47N3. The van der Waals surface area contributed by atoms with Crippen molar-refractivity contribution in [1.29, 1.82) is 10.5 Å². The van der Waals surface area contributed by atoms with Crippen LogP contribution in [0.15, 0.2) is 23.8 Å². The standard InChI is InChI=1S/C35H47N3/c1-7-23(21(2)3)9-8-22(4)30-12-13-31-27-11-10-26-17-28-24(16-25(19-36)33(38)29(28)20-37)18-35(26,6)32(27)14-15-34(30,31)5/h8-9,16-17,21-23,27,30-32H,7,10-15,18,38H2,1-6H3/b9-8+/t22-,23-,27+,30-,31+,32+,34-,35+/m1/s1. The zero-order chi connectivity index (χ0) is 27.4. The van der Waals surface area contributed by atoms with Gasteiger partial charge in [-0.3, -0.25) is 0 Å². The minimum Gasteiger partial charge on any atom is -0.397 e. The molecule has 5 rings (SSSR count). The molecule has 1 aromatic rings. The van der Waals surface area contributed by atoms with Crippen LogP contribution in [0.3, 0.4) is 0 Å². The van der Waals surface area contributed by atoms with E-state index in [0.29, 0.717) is 45.9 Å². The van der Waals surface area contributed by atoms with Crippen LogP contribution in [0.4, 0.5) is 5.69 Å². The van der Waals surface area contributed by atoms with E-state index in [2.05, 4.69) is 71.9 Å². The summed E-state index contributed by atoms with van der Waals surface area (Å²) in [5.41, 5.74) is 11.7. The third-order valence-electron chi connectivity index (χ3n) is 12.0. The summed E-state index contributed by atoms with van der Waals surface area (Å²) in [6.45, 7) is 14.6. The van der Waals surface area contributed by atoms with Crippen LogP contribution in [-0.4, -0.2) is 0 Å². The SMILES string of the molecule is CC[C@H](/C=C/[C@@H](C)[C@H]1CC[C@H]2[C@@H]3CCC4=Cc5c(cc(C#N)c(N)c5C#N)C[C@]4(C)[C@H]3CC[C@]12C)C(C)C. The van der Waals surface area contributed by atoms with Crippen LogP contribution in [0.2, 0.25) is 0 Å². The van der Waals surface area contributed by atoms with Crippen molar-refractivity contribution in [3.8, 4) is 12.1 Å². The first kappa shape index (κ1) is 27.1. The van der Waals surface area contributed by atoms with Gasteiger partial charge in [0.25, 0.3) is 0 Å². The van der Waals surface area contributed by atoms with Crippen LogP contribution in [0.5, 0.6) is 0 Å². The van der Waals surface area contributed by atoms with Crippen LogP contribution in [-0.2, 0) is 6.42 Å². The zero-order valence-corrected chi connectivity index (χ0v) is 24.5. The van der Waals surface area contributed by atoms with Gasteiger partial charge in [-0.15, -0.1) is 0 Å². The van der Waals surface area contributed by atoms with Crippen molar-refractivity contribution >= 4 is 11.8 Å². The van der Waals surface area contributed by atoms with Crippen LogP contribution in [0, 0.1) is 74.9 Å². The maximum absolute atomic E-state index is 9.88. The van der Waals surface area contributed by atoms with Crippen molar-refractivity contribution in [1.82, 2.24) is 0 Å². The van der Waals surface area contributed by atoms with Gasteiger partial charge < -0.3 is 5.73 Å². The second-order valence-corrected chi connectivity index (χ2v) is 14.0. The Kier molecular flexibility index (Phi) is 7.05. The third-order valence-corrected chi connectivity index (χ3v) is 12.0. The molecule has 0 aliphatic heterocycles. The van der Waals surface area contributed by atoms with Crippen LogP contribution in [0.25, 0.3) is 6.08 Å². The van der Waals surface area contributed by atoms with Crippen molar-refractivity contribution in [2.45, 2.75) is 92.9 Å². The third kappa shape index (κ3) is 4.04. The second kappa shape index (κ2) is 9.90. The van der Waals surface area contributed by atoms with Gasteiger partial charge in [-0.05, 0) is 121 Å². The lowest BCUT2D eigenvalue weighted by molar-refractivity contribution is -0.0514. The lowest BCUT2D eigenvalue weighted by Crippen LogP contribution is -2.51. The molecule has 0 heterocycles. The van der Waals surface area contributed by atoms with Gasteiger partial charge in [0.2, 0.25) is 0 Å². The molecule has 3 saturated carbocycles. The maximum atomic E-state index is 9.88. The number of fused-ring (bicyclic) bond motifs is 6. The van der Waals surface area contributed by atoms with Gasteiger partial charge in [-0.25, -0.2) is 0 Å². The Morgan fingerprint density at radius 2 is 1.82 bits per heavy atom. The van der Waals surface area contributed by atoms with E-state index in [1.807, 2.05) is 6.07 Å². The zero-order valence-electron chi connectivity index (χ0n) is 24.5. The summed E-state index contributed by atoms with van der Waals surface area (Å²) in [6, 6.07) is 6.52. The summed E-state index contributed by atoms with van der Waals surface area (Å²) < 4.78 is 0. The Morgan fingerprint density at radius 3 is 2.47 bits per heavy atom. The Morgan fingerprint density at radius 1 is 1.05 bits per heavy atom. The van der Waals surface area contributed by atoms with Crippen molar-refractivity contribution in [3.63, 3.8) is 0 Å². The van der Waals surface area contributed by atoms with Crippen molar-refractivity contribution in [3.05, 3.63) is 46.0 Å². The van der Waals surface area contributed by atoms with Gasteiger partial charge in [-0.2, -0.15) is 10.5 Å². The number of rotatable bonds is 5. The lowest BCUT2D eigenvalue weighted by atomic mass is 9.46. The smallest absolute Gasteiger partial charge is 0.102 e. The molecule has 38 heavy (non-hydrogen) atoms. The summed E-state index contributed by atoms with van der Waals surface area (Å²) in [6.07, 6.45) is 17.3. The Labute approximate surface area is 231 Å². The first-order valence-corrected chi connectivity index (χ1v) is 15.2. The molecule has 8 atom stereocenters. The van der Waals surface area contributed by atoms with Gasteiger partial charge in [0.15, 0.2) is 0 Å². The largest absolute Gasteiger partial charge is 0.397 e. The fraction of sp³-hybridized carbons (Fsp3) is 0.657. The van der Waals surface area contributed by atoms with E-state index < -0.39 is 0 Å². The molecule has 3 fully saturated rings. The fourth-order valence-corrected chi connectivity index (χ4v) is 9.86. The average Bonchev–Trinajstić information content (AvgIpc) is 3.24. The molecule has 0 aromatic heterocycles. The van der Waals surface area contributed by atoms with E-state index >= 15 is 0 Å². The molecule has 202 valence electrons. The van der Waals surface area contributed by atoms with Crippen LogP contribution < -0.4 is 5.73 Å². The Hall–Kier alpha value is -2.52.